The molecule has 2 saturated heterocycles. The quantitative estimate of drug-likeness (QED) is 0.812. The summed E-state index contributed by atoms with van der Waals surface area (Å²) in [6.45, 7) is 4.31. The van der Waals surface area contributed by atoms with Crippen molar-refractivity contribution >= 4 is 10.2 Å². The minimum atomic E-state index is -3.43. The topological polar surface area (TPSA) is 67.7 Å². The Labute approximate surface area is 125 Å². The van der Waals surface area contributed by atoms with E-state index in [0.717, 1.165) is 24.4 Å². The molecule has 1 atom stereocenters. The molecule has 2 aliphatic heterocycles. The van der Waals surface area contributed by atoms with Crippen molar-refractivity contribution < 1.29 is 13.2 Å². The Balaban J connectivity index is 1.88. The number of morpholine rings is 1. The normalized spacial score (nSPS) is 25.5. The van der Waals surface area contributed by atoms with E-state index in [1.165, 1.54) is 4.31 Å². The summed E-state index contributed by atoms with van der Waals surface area (Å²) in [7, 11) is -1.51. The lowest BCUT2D eigenvalue weighted by molar-refractivity contribution is 0.0698. The van der Waals surface area contributed by atoms with Crippen molar-refractivity contribution in [3.63, 3.8) is 0 Å². The van der Waals surface area contributed by atoms with Crippen molar-refractivity contribution in [2.45, 2.75) is 25.8 Å². The summed E-state index contributed by atoms with van der Waals surface area (Å²) in [4.78, 5) is 4.51. The van der Waals surface area contributed by atoms with E-state index in [-0.39, 0.29) is 6.04 Å². The number of hydrogen-bond donors (Lipinski definition) is 0. The number of aromatic nitrogens is 2. The van der Waals surface area contributed by atoms with E-state index in [2.05, 4.69) is 4.98 Å². The van der Waals surface area contributed by atoms with E-state index < -0.39 is 10.2 Å². The highest BCUT2D eigenvalue weighted by Gasteiger charge is 2.40. The van der Waals surface area contributed by atoms with Crippen LogP contribution in [0.5, 0.6) is 0 Å². The fourth-order valence-corrected chi connectivity index (χ4v) is 4.93. The highest BCUT2D eigenvalue weighted by Crippen LogP contribution is 2.34. The van der Waals surface area contributed by atoms with Crippen LogP contribution in [0, 0.1) is 6.92 Å². The summed E-state index contributed by atoms with van der Waals surface area (Å²) >= 11 is 0. The molecule has 0 amide bonds. The van der Waals surface area contributed by atoms with E-state index in [0.29, 0.717) is 32.8 Å². The summed E-state index contributed by atoms with van der Waals surface area (Å²) in [6.07, 6.45) is 3.64. The molecule has 118 valence electrons. The average Bonchev–Trinajstić information content (AvgIpc) is 3.06. The Hall–Kier alpha value is -0.960. The SMILES string of the molecule is Cc1cn(C)c([C@H]2CCCN2S(=O)(=O)N2CCOCC2)n1. The molecular weight excluding hydrogens is 292 g/mol. The van der Waals surface area contributed by atoms with Crippen LogP contribution in [0.15, 0.2) is 6.20 Å². The molecule has 2 fully saturated rings. The summed E-state index contributed by atoms with van der Waals surface area (Å²) in [5.74, 6) is 0.835. The van der Waals surface area contributed by atoms with Gasteiger partial charge in [0.15, 0.2) is 0 Å². The number of ether oxygens (including phenoxy) is 1. The van der Waals surface area contributed by atoms with Gasteiger partial charge in [0, 0.05) is 32.9 Å². The maximum Gasteiger partial charge on any atom is 0.282 e. The molecule has 3 heterocycles. The van der Waals surface area contributed by atoms with Crippen LogP contribution in [-0.2, 0) is 22.0 Å². The van der Waals surface area contributed by atoms with Gasteiger partial charge in [0.25, 0.3) is 10.2 Å². The highest BCUT2D eigenvalue weighted by atomic mass is 32.2. The van der Waals surface area contributed by atoms with Crippen LogP contribution in [0.4, 0.5) is 0 Å². The zero-order valence-corrected chi connectivity index (χ0v) is 13.3. The van der Waals surface area contributed by atoms with Crippen molar-refractivity contribution in [2.24, 2.45) is 7.05 Å². The molecule has 0 aromatic carbocycles. The Morgan fingerprint density at radius 1 is 1.29 bits per heavy atom. The van der Waals surface area contributed by atoms with Crippen LogP contribution in [0.1, 0.15) is 30.4 Å². The molecule has 21 heavy (non-hydrogen) atoms. The second kappa shape index (κ2) is 5.68. The predicted molar refractivity (Wildman–Crippen MR) is 77.9 cm³/mol. The van der Waals surface area contributed by atoms with Crippen molar-refractivity contribution in [3.05, 3.63) is 17.7 Å². The third-order valence-electron chi connectivity index (χ3n) is 4.13. The smallest absolute Gasteiger partial charge is 0.282 e. The number of imidazole rings is 1. The Morgan fingerprint density at radius 2 is 2.00 bits per heavy atom. The second-order valence-electron chi connectivity index (χ2n) is 5.64. The van der Waals surface area contributed by atoms with Crippen molar-refractivity contribution in [1.29, 1.82) is 0 Å². The number of nitrogens with zero attached hydrogens (tertiary/aromatic N) is 4. The largest absolute Gasteiger partial charge is 0.379 e. The first kappa shape index (κ1) is 15.0. The highest BCUT2D eigenvalue weighted by molar-refractivity contribution is 7.86. The van der Waals surface area contributed by atoms with E-state index in [1.54, 1.807) is 4.31 Å². The van der Waals surface area contributed by atoms with Gasteiger partial charge in [0.1, 0.15) is 5.82 Å². The molecule has 1 aromatic heterocycles. The van der Waals surface area contributed by atoms with Gasteiger partial charge < -0.3 is 9.30 Å². The number of aryl methyl sites for hydroxylation is 2. The molecule has 0 N–H and O–H groups in total. The molecule has 3 rings (SSSR count). The molecule has 8 heteroatoms. The monoisotopic (exact) mass is 314 g/mol. The fraction of sp³-hybridized carbons (Fsp3) is 0.769. The molecule has 0 bridgehead atoms. The zero-order valence-electron chi connectivity index (χ0n) is 12.5. The molecule has 2 aliphatic rings. The number of hydrogen-bond acceptors (Lipinski definition) is 4. The molecular formula is C13H22N4O3S. The summed E-state index contributed by atoms with van der Waals surface area (Å²) in [6, 6.07) is -0.156. The van der Waals surface area contributed by atoms with Crippen LogP contribution in [0.3, 0.4) is 0 Å². The van der Waals surface area contributed by atoms with Gasteiger partial charge in [0.05, 0.1) is 24.9 Å². The van der Waals surface area contributed by atoms with E-state index in [9.17, 15) is 8.42 Å². The Morgan fingerprint density at radius 3 is 2.62 bits per heavy atom. The molecule has 0 aliphatic carbocycles. The van der Waals surface area contributed by atoms with E-state index in [1.807, 2.05) is 24.7 Å². The Bertz CT molecular complexity index is 607. The van der Waals surface area contributed by atoms with Crippen LogP contribution in [0.25, 0.3) is 0 Å². The first-order chi connectivity index (χ1) is 10.00. The minimum absolute atomic E-state index is 0.156. The molecule has 0 spiro atoms. The van der Waals surface area contributed by atoms with Crippen LogP contribution in [0.2, 0.25) is 0 Å². The van der Waals surface area contributed by atoms with Gasteiger partial charge in [-0.05, 0) is 19.8 Å². The molecule has 0 radical (unpaired) electrons. The molecule has 7 nitrogen and oxygen atoms in total. The van der Waals surface area contributed by atoms with Gasteiger partial charge >= 0.3 is 0 Å². The third kappa shape index (κ3) is 2.73. The van der Waals surface area contributed by atoms with Crippen molar-refractivity contribution in [2.75, 3.05) is 32.8 Å². The molecule has 1 aromatic rings. The van der Waals surface area contributed by atoms with Gasteiger partial charge in [-0.15, -0.1) is 0 Å². The lowest BCUT2D eigenvalue weighted by atomic mass is 10.2. The average molecular weight is 314 g/mol. The predicted octanol–water partition coefficient (Wildman–Crippen LogP) is 0.442. The zero-order chi connectivity index (χ0) is 15.0. The lowest BCUT2D eigenvalue weighted by Crippen LogP contribution is -2.48. The second-order valence-corrected chi connectivity index (χ2v) is 7.52. The van der Waals surface area contributed by atoms with Gasteiger partial charge in [-0.1, -0.05) is 0 Å². The van der Waals surface area contributed by atoms with Crippen LogP contribution >= 0.6 is 0 Å². The Kier molecular flexibility index (Phi) is 4.04. The van der Waals surface area contributed by atoms with Crippen LogP contribution < -0.4 is 0 Å². The van der Waals surface area contributed by atoms with Crippen molar-refractivity contribution in [3.8, 4) is 0 Å². The van der Waals surface area contributed by atoms with Gasteiger partial charge in [-0.3, -0.25) is 0 Å². The first-order valence-electron chi connectivity index (χ1n) is 7.34. The molecule has 0 saturated carbocycles. The minimum Gasteiger partial charge on any atom is -0.379 e. The third-order valence-corrected chi connectivity index (χ3v) is 6.17. The summed E-state index contributed by atoms with van der Waals surface area (Å²) in [5.41, 5.74) is 0.920. The lowest BCUT2D eigenvalue weighted by Gasteiger charge is -2.32. The first-order valence-corrected chi connectivity index (χ1v) is 8.74. The maximum absolute atomic E-state index is 12.8. The van der Waals surface area contributed by atoms with E-state index >= 15 is 0 Å². The van der Waals surface area contributed by atoms with E-state index in [4.69, 9.17) is 4.74 Å². The summed E-state index contributed by atoms with van der Waals surface area (Å²) < 4.78 is 36.0. The molecule has 0 unspecified atom stereocenters. The summed E-state index contributed by atoms with van der Waals surface area (Å²) in [5, 5.41) is 0. The number of rotatable bonds is 3. The van der Waals surface area contributed by atoms with Gasteiger partial charge in [-0.25, -0.2) is 4.98 Å². The standard InChI is InChI=1S/C13H22N4O3S/c1-11-10-15(2)13(14-11)12-4-3-5-17(12)21(18,19)16-6-8-20-9-7-16/h10,12H,3-9H2,1-2H3/t12-/m1/s1. The van der Waals surface area contributed by atoms with Gasteiger partial charge in [0.2, 0.25) is 0 Å². The van der Waals surface area contributed by atoms with Gasteiger partial charge in [-0.2, -0.15) is 17.0 Å². The maximum atomic E-state index is 12.8. The van der Waals surface area contributed by atoms with Crippen molar-refractivity contribution in [1.82, 2.24) is 18.2 Å². The van der Waals surface area contributed by atoms with Crippen LogP contribution in [-0.4, -0.2) is 59.4 Å². The fourth-order valence-electron chi connectivity index (χ4n) is 3.14.